The van der Waals surface area contributed by atoms with Gasteiger partial charge < -0.3 is 19.6 Å². The van der Waals surface area contributed by atoms with E-state index < -0.39 is 21.9 Å². The highest BCUT2D eigenvalue weighted by molar-refractivity contribution is 7.90. The molecule has 2 N–H and O–H groups in total. The maximum Gasteiger partial charge on any atom is 0.306 e. The number of sulfonamides is 1. The molecule has 2 aromatic rings. The molecule has 0 saturated heterocycles. The first-order chi connectivity index (χ1) is 19.9. The summed E-state index contributed by atoms with van der Waals surface area (Å²) in [6.45, 7) is 8.29. The van der Waals surface area contributed by atoms with Crippen LogP contribution in [0.1, 0.15) is 66.2 Å². The quantitative estimate of drug-likeness (QED) is 0.527. The van der Waals surface area contributed by atoms with Gasteiger partial charge in [0.1, 0.15) is 6.61 Å². The average Bonchev–Trinajstić information content (AvgIpc) is 2.89. The van der Waals surface area contributed by atoms with E-state index in [1.165, 1.54) is 18.2 Å². The van der Waals surface area contributed by atoms with Crippen molar-refractivity contribution in [3.63, 3.8) is 0 Å². The number of carbonyl (C=O) groups is 2. The van der Waals surface area contributed by atoms with Crippen LogP contribution in [0.15, 0.2) is 63.7 Å². The van der Waals surface area contributed by atoms with Gasteiger partial charge in [0, 0.05) is 24.7 Å². The molecule has 0 aromatic heterocycles. The zero-order chi connectivity index (χ0) is 30.3. The zero-order valence-corrected chi connectivity index (χ0v) is 25.4. The second-order valence-corrected chi connectivity index (χ2v) is 13.5. The van der Waals surface area contributed by atoms with E-state index in [9.17, 15) is 23.1 Å². The van der Waals surface area contributed by atoms with E-state index in [0.29, 0.717) is 25.1 Å². The number of amides is 1. The first-order valence-corrected chi connectivity index (χ1v) is 15.7. The summed E-state index contributed by atoms with van der Waals surface area (Å²) in [5.41, 5.74) is 3.32. The maximum atomic E-state index is 14.1. The van der Waals surface area contributed by atoms with Gasteiger partial charge in [0.25, 0.3) is 15.9 Å². The van der Waals surface area contributed by atoms with E-state index in [1.807, 2.05) is 38.1 Å². The maximum absolute atomic E-state index is 14.1. The van der Waals surface area contributed by atoms with Crippen LogP contribution in [0.2, 0.25) is 0 Å². The molecule has 2 atom stereocenters. The number of nitrogens with one attached hydrogen (secondary N) is 1. The number of rotatable bonds is 5. The van der Waals surface area contributed by atoms with Gasteiger partial charge in [-0.3, -0.25) is 14.9 Å². The molecule has 5 rings (SSSR count). The lowest BCUT2D eigenvalue weighted by molar-refractivity contribution is -0.147. The molecule has 10 nitrogen and oxygen atoms in total. The van der Waals surface area contributed by atoms with Crippen LogP contribution >= 0.6 is 0 Å². The van der Waals surface area contributed by atoms with Gasteiger partial charge >= 0.3 is 5.97 Å². The van der Waals surface area contributed by atoms with Gasteiger partial charge in [-0.25, -0.2) is 0 Å². The van der Waals surface area contributed by atoms with Crippen LogP contribution in [0.5, 0.6) is 0 Å². The van der Waals surface area contributed by atoms with Crippen molar-refractivity contribution in [1.29, 1.82) is 0 Å². The van der Waals surface area contributed by atoms with Gasteiger partial charge in [-0.1, -0.05) is 38.1 Å². The van der Waals surface area contributed by atoms with Crippen molar-refractivity contribution < 1.29 is 27.9 Å². The highest BCUT2D eigenvalue weighted by Crippen LogP contribution is 2.37. The lowest BCUT2D eigenvalue weighted by Gasteiger charge is -2.45. The second-order valence-electron chi connectivity index (χ2n) is 11.9. The number of hydrogen-bond donors (Lipinski definition) is 2. The van der Waals surface area contributed by atoms with Crippen molar-refractivity contribution in [2.75, 3.05) is 13.7 Å². The smallest absolute Gasteiger partial charge is 0.306 e. The van der Waals surface area contributed by atoms with E-state index in [0.717, 1.165) is 16.7 Å². The van der Waals surface area contributed by atoms with E-state index in [-0.39, 0.29) is 53.0 Å². The molecule has 224 valence electrons. The van der Waals surface area contributed by atoms with Crippen LogP contribution in [0.4, 0.5) is 0 Å². The first kappa shape index (κ1) is 29.6. The number of nitrogens with zero attached hydrogens (tertiary/aromatic N) is 3. The van der Waals surface area contributed by atoms with Crippen LogP contribution in [0, 0.1) is 25.7 Å². The number of aryl methyl sites for hydroxylation is 2. The van der Waals surface area contributed by atoms with Gasteiger partial charge in [0.2, 0.25) is 5.96 Å². The molecule has 2 aromatic carbocycles. The van der Waals surface area contributed by atoms with E-state index in [4.69, 9.17) is 4.74 Å². The molecule has 2 heterocycles. The first-order valence-electron chi connectivity index (χ1n) is 14.3. The third-order valence-electron chi connectivity index (χ3n) is 8.38. The molecule has 42 heavy (non-hydrogen) atoms. The number of carboxylic acids is 1. The van der Waals surface area contributed by atoms with Crippen molar-refractivity contribution in [2.45, 2.75) is 70.0 Å². The van der Waals surface area contributed by atoms with Gasteiger partial charge in [0.15, 0.2) is 5.88 Å². The number of aliphatic carboxylic acids is 1. The minimum absolute atomic E-state index is 0.103. The Morgan fingerprint density at radius 1 is 1.14 bits per heavy atom. The summed E-state index contributed by atoms with van der Waals surface area (Å²) in [5, 5.41) is 12.6. The molecule has 1 amide bonds. The number of likely N-dealkylation sites (N-methyl/N-ethyl adjacent to an activating group) is 1. The third-order valence-corrected chi connectivity index (χ3v) is 9.64. The number of guanidine groups is 1. The Labute approximate surface area is 247 Å². The molecule has 0 spiro atoms. The molecule has 11 heteroatoms. The summed E-state index contributed by atoms with van der Waals surface area (Å²) in [5.74, 6) is -1.08. The largest absolute Gasteiger partial charge is 0.481 e. The molecule has 3 aliphatic rings. The third kappa shape index (κ3) is 5.74. The van der Waals surface area contributed by atoms with Crippen molar-refractivity contribution >= 4 is 27.9 Å². The summed E-state index contributed by atoms with van der Waals surface area (Å²) in [6, 6.07) is 10.9. The summed E-state index contributed by atoms with van der Waals surface area (Å²) >= 11 is 0. The Morgan fingerprint density at radius 2 is 1.81 bits per heavy atom. The Bertz CT molecular complexity index is 1540. The number of fused-ring (bicyclic) bond motifs is 4. The average molecular weight is 595 g/mol. The predicted octanol–water partition coefficient (Wildman–Crippen LogP) is 4.22. The summed E-state index contributed by atoms with van der Waals surface area (Å²) in [6.07, 6.45) is 3.19. The Morgan fingerprint density at radius 3 is 2.45 bits per heavy atom. The van der Waals surface area contributed by atoms with Crippen LogP contribution in [-0.4, -0.2) is 66.9 Å². The monoisotopic (exact) mass is 594 g/mol. The summed E-state index contributed by atoms with van der Waals surface area (Å²) in [4.78, 5) is 29.1. The molecular formula is C31H38N4O6S. The molecule has 4 bridgehead atoms. The predicted molar refractivity (Wildman–Crippen MR) is 158 cm³/mol. The van der Waals surface area contributed by atoms with Gasteiger partial charge in [0.05, 0.1) is 22.9 Å². The second kappa shape index (κ2) is 11.4. The summed E-state index contributed by atoms with van der Waals surface area (Å²) < 4.78 is 37.7. The molecule has 1 aliphatic carbocycles. The lowest BCUT2D eigenvalue weighted by atomic mass is 9.78. The minimum Gasteiger partial charge on any atom is -0.481 e. The molecular weight excluding hydrogens is 556 g/mol. The highest BCUT2D eigenvalue weighted by atomic mass is 32.2. The number of ether oxygens (including phenoxy) is 1. The minimum atomic E-state index is -4.22. The fraction of sp³-hybridized carbons (Fsp3) is 0.452. The number of hydrogen-bond acceptors (Lipinski definition) is 7. The summed E-state index contributed by atoms with van der Waals surface area (Å²) in [7, 11) is -2.44. The lowest BCUT2D eigenvalue weighted by Crippen LogP contribution is -2.55. The fourth-order valence-electron chi connectivity index (χ4n) is 6.11. The van der Waals surface area contributed by atoms with Crippen molar-refractivity contribution in [1.82, 2.24) is 15.1 Å². The molecule has 2 aliphatic heterocycles. The number of benzene rings is 2. The Balaban J connectivity index is 1.65. The van der Waals surface area contributed by atoms with E-state index in [2.05, 4.69) is 23.6 Å². The number of carbonyl (C=O) groups excluding carboxylic acids is 1. The van der Waals surface area contributed by atoms with E-state index >= 15 is 0 Å². The SMILES string of the molecule is Cc1cccc(C)c1C1C=C2N/C(=N\S(=O)(=O)c3cccc(c3)C(=O)N(C3CC(C(=O)O)C3)[C@H](CC(C)C)CO2)N1C. The van der Waals surface area contributed by atoms with Crippen LogP contribution in [0.3, 0.4) is 0 Å². The van der Waals surface area contributed by atoms with Gasteiger partial charge in [-0.2, -0.15) is 8.42 Å². The molecule has 1 saturated carbocycles. The van der Waals surface area contributed by atoms with Crippen molar-refractivity contribution in [3.8, 4) is 0 Å². The molecule has 1 unspecified atom stereocenters. The Hall–Kier alpha value is -3.86. The van der Waals surface area contributed by atoms with E-state index in [1.54, 1.807) is 22.9 Å². The molecule has 1 fully saturated rings. The van der Waals surface area contributed by atoms with Gasteiger partial charge in [-0.15, -0.1) is 4.40 Å². The number of carboxylic acid groups (broad SMARTS) is 1. The van der Waals surface area contributed by atoms with Crippen molar-refractivity contribution in [3.05, 3.63) is 76.7 Å². The van der Waals surface area contributed by atoms with Crippen LogP contribution in [0.25, 0.3) is 0 Å². The van der Waals surface area contributed by atoms with Crippen LogP contribution in [-0.2, 0) is 19.6 Å². The van der Waals surface area contributed by atoms with Crippen LogP contribution < -0.4 is 5.32 Å². The standard InChI is InChI=1S/C31H38N4O6S/c1-18(2)12-24-17-41-27-16-26(28-19(3)8-6-9-20(28)4)34(5)31(32-27)33-42(39,40)25-11-7-10-21(15-25)29(36)35(24)23-13-22(14-23)30(37)38/h6-11,15-16,18,22-24,26H,12-14,17H2,1-5H3,(H,32,33)(H,37,38)/t22?,23?,24-,26?/m1/s1. The highest BCUT2D eigenvalue weighted by Gasteiger charge is 2.43. The fourth-order valence-corrected chi connectivity index (χ4v) is 7.15. The Kier molecular flexibility index (Phi) is 8.06. The van der Waals surface area contributed by atoms with Gasteiger partial charge in [-0.05, 0) is 73.9 Å². The molecule has 0 radical (unpaired) electrons. The van der Waals surface area contributed by atoms with Crippen molar-refractivity contribution in [2.24, 2.45) is 16.2 Å². The normalized spacial score (nSPS) is 26.8. The zero-order valence-electron chi connectivity index (χ0n) is 24.6. The topological polar surface area (TPSA) is 129 Å².